The average molecular weight is 399 g/mol. The highest BCUT2D eigenvalue weighted by Crippen LogP contribution is 2.14. The maximum Gasteiger partial charge on any atom is 0.488 e. The zero-order valence-electron chi connectivity index (χ0n) is 15.9. The summed E-state index contributed by atoms with van der Waals surface area (Å²) in [4.78, 5) is 10.2. The van der Waals surface area contributed by atoms with Gasteiger partial charge in [0.25, 0.3) is 0 Å². The minimum Gasteiger partial charge on any atom is -0.407 e. The van der Waals surface area contributed by atoms with Crippen LogP contribution in [0.5, 0.6) is 0 Å². The van der Waals surface area contributed by atoms with Crippen molar-refractivity contribution in [1.82, 2.24) is 14.9 Å². The molecule has 0 aromatic rings. The zero-order chi connectivity index (χ0) is 17.9. The Balaban J connectivity index is 4.86. The van der Waals surface area contributed by atoms with Crippen LogP contribution in [-0.4, -0.2) is 62.4 Å². The van der Waals surface area contributed by atoms with Crippen LogP contribution < -0.4 is 20.7 Å². The van der Waals surface area contributed by atoms with Gasteiger partial charge in [-0.05, 0) is 24.5 Å². The van der Waals surface area contributed by atoms with Gasteiger partial charge in [-0.25, -0.2) is 0 Å². The van der Waals surface area contributed by atoms with E-state index in [1.807, 2.05) is 0 Å². The van der Waals surface area contributed by atoms with Crippen molar-refractivity contribution >= 4 is 38.6 Å². The van der Waals surface area contributed by atoms with Crippen molar-refractivity contribution in [3.63, 3.8) is 0 Å². The van der Waals surface area contributed by atoms with E-state index in [-0.39, 0.29) is 5.67 Å². The van der Waals surface area contributed by atoms with Gasteiger partial charge in [0.1, 0.15) is 0 Å². The Labute approximate surface area is 150 Å². The summed E-state index contributed by atoms with van der Waals surface area (Å²) in [6.45, 7) is 14.8. The summed E-state index contributed by atoms with van der Waals surface area (Å²) in [5, 5.41) is 0. The van der Waals surface area contributed by atoms with Crippen LogP contribution in [0, 0.1) is 0 Å². The predicted molar refractivity (Wildman–Crippen MR) is 108 cm³/mol. The minimum atomic E-state index is -2.82. The van der Waals surface area contributed by atoms with E-state index in [2.05, 4.69) is 63.4 Å². The summed E-state index contributed by atoms with van der Waals surface area (Å²) < 4.78 is 18.7. The van der Waals surface area contributed by atoms with Crippen molar-refractivity contribution in [3.05, 3.63) is 0 Å². The van der Waals surface area contributed by atoms with Gasteiger partial charge in [-0.3, -0.25) is 0 Å². The fourth-order valence-electron chi connectivity index (χ4n) is 1.62. The van der Waals surface area contributed by atoms with Crippen LogP contribution in [0.3, 0.4) is 0 Å². The van der Waals surface area contributed by atoms with Crippen molar-refractivity contribution in [2.75, 3.05) is 0 Å². The van der Waals surface area contributed by atoms with Gasteiger partial charge in [0.15, 0.2) is 0 Å². The number of hydrogen-bond donors (Lipinski definition) is 4. The molecule has 0 heterocycles. The van der Waals surface area contributed by atoms with Gasteiger partial charge < -0.3 is 33.0 Å². The molecule has 0 radical (unpaired) electrons. The minimum absolute atomic E-state index is 0.160. The molecule has 0 aromatic carbocycles. The van der Waals surface area contributed by atoms with Gasteiger partial charge in [-0.15, -0.1) is 0 Å². The van der Waals surface area contributed by atoms with Crippen LogP contribution in [0.4, 0.5) is 0 Å². The molecule has 0 rings (SSSR count). The van der Waals surface area contributed by atoms with Crippen LogP contribution in [0.15, 0.2) is 0 Å². The molecule has 0 bridgehead atoms. The largest absolute Gasteiger partial charge is 0.488 e. The molecule has 140 valence electrons. The lowest BCUT2D eigenvalue weighted by molar-refractivity contribution is 0.251. The highest BCUT2D eigenvalue weighted by molar-refractivity contribution is 6.74. The van der Waals surface area contributed by atoms with Crippen LogP contribution in [0.25, 0.3) is 0 Å². The summed E-state index contributed by atoms with van der Waals surface area (Å²) in [6, 6.07) is 1.22. The fraction of sp³-hybridized carbons (Fsp3) is 1.00. The first-order valence-corrected chi connectivity index (χ1v) is 14.3. The first kappa shape index (κ1) is 23.6. The highest BCUT2D eigenvalue weighted by atomic mass is 28.5. The molecular weight excluding hydrogens is 361 g/mol. The molecule has 0 amide bonds. The van der Waals surface area contributed by atoms with Crippen molar-refractivity contribution in [2.24, 2.45) is 5.73 Å². The topological polar surface area (TPSA) is 89.8 Å². The quantitative estimate of drug-likeness (QED) is 0.258. The maximum atomic E-state index is 6.37. The molecule has 0 aromatic heterocycles. The second-order valence-electron chi connectivity index (χ2n) is 6.56. The Morgan fingerprint density at radius 1 is 0.783 bits per heavy atom. The van der Waals surface area contributed by atoms with Crippen molar-refractivity contribution in [3.8, 4) is 0 Å². The third-order valence-electron chi connectivity index (χ3n) is 3.19. The fourth-order valence-corrected chi connectivity index (χ4v) is 12.4. The highest BCUT2D eigenvalue weighted by Gasteiger charge is 2.46. The Kier molecular flexibility index (Phi) is 13.2. The van der Waals surface area contributed by atoms with Gasteiger partial charge in [0, 0.05) is 0 Å². The molecule has 7 nitrogen and oxygen atoms in total. The number of rotatable bonds is 14. The number of nitrogens with two attached hydrogens (primary N) is 1. The van der Waals surface area contributed by atoms with E-state index < -0.39 is 38.6 Å². The van der Waals surface area contributed by atoms with E-state index in [0.29, 0.717) is 18.1 Å². The van der Waals surface area contributed by atoms with E-state index >= 15 is 0 Å². The van der Waals surface area contributed by atoms with E-state index in [1.165, 1.54) is 0 Å². The summed E-state index contributed by atoms with van der Waals surface area (Å²) in [6.07, 6.45) is 0.800. The van der Waals surface area contributed by atoms with Crippen molar-refractivity contribution in [1.29, 1.82) is 0 Å². The normalized spacial score (nSPS) is 17.9. The lowest BCUT2D eigenvalue weighted by Crippen LogP contribution is -2.65. The van der Waals surface area contributed by atoms with Gasteiger partial charge in [-0.2, -0.15) is 0 Å². The summed E-state index contributed by atoms with van der Waals surface area (Å²) in [5.74, 6) is 0. The Morgan fingerprint density at radius 2 is 1.09 bits per heavy atom. The molecule has 5 N–H and O–H groups in total. The molecule has 1 atom stereocenters. The SMILES string of the molecule is CCC(N)[Si](O[SiH2]NC(C)C)(O[SiH2]NC(C)C)O[SiH2]NC(C)C. The number of hydrogen-bond acceptors (Lipinski definition) is 7. The molecule has 11 heteroatoms. The van der Waals surface area contributed by atoms with Gasteiger partial charge >= 0.3 is 8.80 Å². The second kappa shape index (κ2) is 12.9. The van der Waals surface area contributed by atoms with Crippen molar-refractivity contribution in [2.45, 2.75) is 78.7 Å². The first-order chi connectivity index (χ1) is 10.7. The van der Waals surface area contributed by atoms with Crippen molar-refractivity contribution < 1.29 is 12.3 Å². The lowest BCUT2D eigenvalue weighted by atomic mass is 10.4. The molecule has 1 unspecified atom stereocenters. The van der Waals surface area contributed by atoms with E-state index in [4.69, 9.17) is 18.1 Å². The maximum absolute atomic E-state index is 6.37. The van der Waals surface area contributed by atoms with Gasteiger partial charge in [0.2, 0.25) is 29.8 Å². The standard InChI is InChI=1S/C12H38N4O3Si4/c1-8-12(13)23(17-20-14-9(2)3,18-21-15-10(4)5)19-22-16-11(6)7/h9-12,14-16H,8,13,20-22H2,1-7H3. The van der Waals surface area contributed by atoms with Gasteiger partial charge in [0.05, 0.1) is 5.67 Å². The van der Waals surface area contributed by atoms with Crippen LogP contribution in [0.1, 0.15) is 54.9 Å². The number of nitrogens with one attached hydrogen (secondary N) is 3. The van der Waals surface area contributed by atoms with E-state index in [9.17, 15) is 0 Å². The molecule has 0 aliphatic rings. The summed E-state index contributed by atoms with van der Waals surface area (Å²) in [5.41, 5.74) is 6.21. The second-order valence-corrected chi connectivity index (χ2v) is 14.1. The third kappa shape index (κ3) is 10.9. The molecule has 0 aliphatic carbocycles. The molecule has 23 heavy (non-hydrogen) atoms. The van der Waals surface area contributed by atoms with Crippen LogP contribution in [-0.2, 0) is 12.3 Å². The van der Waals surface area contributed by atoms with Gasteiger partial charge in [-0.1, -0.05) is 48.5 Å². The average Bonchev–Trinajstić information content (AvgIpc) is 2.44. The molecule has 0 fully saturated rings. The molecule has 0 saturated heterocycles. The monoisotopic (exact) mass is 398 g/mol. The third-order valence-corrected chi connectivity index (χ3v) is 14.0. The molecule has 0 spiro atoms. The Bertz CT molecular complexity index is 265. The van der Waals surface area contributed by atoms with Crippen LogP contribution >= 0.6 is 0 Å². The Morgan fingerprint density at radius 3 is 1.30 bits per heavy atom. The van der Waals surface area contributed by atoms with E-state index in [1.54, 1.807) is 0 Å². The first-order valence-electron chi connectivity index (χ1n) is 8.61. The zero-order valence-corrected chi connectivity index (χ0v) is 21.2. The molecule has 0 aliphatic heterocycles. The Hall–Kier alpha value is 0.588. The van der Waals surface area contributed by atoms with E-state index in [0.717, 1.165) is 6.42 Å². The lowest BCUT2D eigenvalue weighted by Gasteiger charge is -2.35. The predicted octanol–water partition coefficient (Wildman–Crippen LogP) is -1.76. The van der Waals surface area contributed by atoms with Crippen LogP contribution in [0.2, 0.25) is 0 Å². The summed E-state index contributed by atoms with van der Waals surface area (Å²) >= 11 is 0. The summed E-state index contributed by atoms with van der Waals surface area (Å²) in [7, 11) is -5.57. The molecular formula is C12H38N4O3Si4. The molecule has 0 saturated carbocycles. The smallest absolute Gasteiger partial charge is 0.407 e.